The number of hydrogen-bond donors (Lipinski definition) is 3. The summed E-state index contributed by atoms with van der Waals surface area (Å²) in [6.45, 7) is 1.92. The summed E-state index contributed by atoms with van der Waals surface area (Å²) in [5, 5.41) is 14.3. The number of unbranched alkanes of at least 4 members (excludes halogenated alkanes) is 1. The molecule has 0 saturated heterocycles. The number of aliphatic carboxylic acids is 1. The number of hydrogen-bond acceptors (Lipinski definition) is 5. The molecule has 2 atom stereocenters. The minimum atomic E-state index is -1.21. The van der Waals surface area contributed by atoms with Crippen LogP contribution < -0.4 is 10.6 Å². The Morgan fingerprint density at radius 3 is 2.12 bits per heavy atom. The molecule has 0 bridgehead atoms. The average Bonchev–Trinajstić information content (AvgIpc) is 3.13. The SMILES string of the molecule is CCCCC(NC(=O)OCC1c2ccccc2-c2ccccc21)C(=O)NC(COC)C(=O)O. The van der Waals surface area contributed by atoms with E-state index in [0.29, 0.717) is 12.8 Å². The number of alkyl carbamates (subject to hydrolysis) is 1. The van der Waals surface area contributed by atoms with Crippen molar-refractivity contribution in [3.8, 4) is 11.1 Å². The lowest BCUT2D eigenvalue weighted by molar-refractivity contribution is -0.143. The number of fused-ring (bicyclic) bond motifs is 3. The Balaban J connectivity index is 1.65. The minimum absolute atomic E-state index is 0.0934. The number of rotatable bonds is 11. The van der Waals surface area contributed by atoms with Crippen LogP contribution in [0.15, 0.2) is 48.5 Å². The Labute approximate surface area is 193 Å². The lowest BCUT2D eigenvalue weighted by Crippen LogP contribution is -2.53. The van der Waals surface area contributed by atoms with Crippen LogP contribution in [0, 0.1) is 0 Å². The molecule has 1 aliphatic rings. The second-order valence-corrected chi connectivity index (χ2v) is 8.02. The highest BCUT2D eigenvalue weighted by atomic mass is 16.5. The summed E-state index contributed by atoms with van der Waals surface area (Å²) in [6.07, 6.45) is 1.15. The van der Waals surface area contributed by atoms with Gasteiger partial charge in [0.1, 0.15) is 12.6 Å². The third kappa shape index (κ3) is 5.90. The van der Waals surface area contributed by atoms with E-state index in [2.05, 4.69) is 22.8 Å². The van der Waals surface area contributed by atoms with Gasteiger partial charge >= 0.3 is 12.1 Å². The molecule has 0 aromatic heterocycles. The minimum Gasteiger partial charge on any atom is -0.480 e. The van der Waals surface area contributed by atoms with E-state index >= 15 is 0 Å². The fourth-order valence-electron chi connectivity index (χ4n) is 4.07. The highest BCUT2D eigenvalue weighted by molar-refractivity contribution is 5.89. The predicted octanol–water partition coefficient (Wildman–Crippen LogP) is 3.30. The zero-order chi connectivity index (χ0) is 23.8. The van der Waals surface area contributed by atoms with Gasteiger partial charge < -0.3 is 25.2 Å². The largest absolute Gasteiger partial charge is 0.480 e. The molecule has 3 rings (SSSR count). The van der Waals surface area contributed by atoms with Crippen molar-refractivity contribution in [2.45, 2.75) is 44.2 Å². The molecular formula is C25H30N2O6. The number of ether oxygens (including phenoxy) is 2. The first kappa shape index (κ1) is 24.3. The number of nitrogens with one attached hydrogen (secondary N) is 2. The van der Waals surface area contributed by atoms with Crippen LogP contribution in [0.4, 0.5) is 4.79 Å². The zero-order valence-corrected chi connectivity index (χ0v) is 18.9. The molecule has 3 N–H and O–H groups in total. The summed E-state index contributed by atoms with van der Waals surface area (Å²) in [5.41, 5.74) is 4.44. The van der Waals surface area contributed by atoms with Crippen LogP contribution in [0.2, 0.25) is 0 Å². The fourth-order valence-corrected chi connectivity index (χ4v) is 4.07. The highest BCUT2D eigenvalue weighted by Crippen LogP contribution is 2.44. The van der Waals surface area contributed by atoms with Crippen molar-refractivity contribution in [1.82, 2.24) is 10.6 Å². The summed E-state index contributed by atoms with van der Waals surface area (Å²) in [6, 6.07) is 13.9. The normalized spacial score (nSPS) is 14.0. The third-order valence-electron chi connectivity index (χ3n) is 5.75. The van der Waals surface area contributed by atoms with Crippen molar-refractivity contribution in [2.24, 2.45) is 0 Å². The van der Waals surface area contributed by atoms with Gasteiger partial charge in [-0.2, -0.15) is 0 Å². The number of benzene rings is 2. The van der Waals surface area contributed by atoms with Gasteiger partial charge in [-0.1, -0.05) is 68.3 Å². The molecule has 2 aromatic carbocycles. The Morgan fingerprint density at radius 1 is 0.970 bits per heavy atom. The van der Waals surface area contributed by atoms with E-state index < -0.39 is 30.1 Å². The molecule has 33 heavy (non-hydrogen) atoms. The van der Waals surface area contributed by atoms with E-state index in [1.807, 2.05) is 43.3 Å². The summed E-state index contributed by atoms with van der Waals surface area (Å²) in [7, 11) is 1.35. The van der Waals surface area contributed by atoms with Gasteiger partial charge in [0.2, 0.25) is 5.91 Å². The molecule has 8 nitrogen and oxygen atoms in total. The zero-order valence-electron chi connectivity index (χ0n) is 18.9. The maximum absolute atomic E-state index is 12.7. The number of carbonyl (C=O) groups excluding carboxylic acids is 2. The first-order chi connectivity index (χ1) is 16.0. The van der Waals surface area contributed by atoms with Crippen LogP contribution in [-0.4, -0.2) is 55.5 Å². The van der Waals surface area contributed by atoms with Gasteiger partial charge in [0, 0.05) is 13.0 Å². The Bertz CT molecular complexity index is 947. The lowest BCUT2D eigenvalue weighted by atomic mass is 9.98. The van der Waals surface area contributed by atoms with E-state index in [4.69, 9.17) is 9.47 Å². The van der Waals surface area contributed by atoms with Crippen molar-refractivity contribution < 1.29 is 29.0 Å². The van der Waals surface area contributed by atoms with Crippen LogP contribution in [0.1, 0.15) is 43.2 Å². The van der Waals surface area contributed by atoms with E-state index in [0.717, 1.165) is 28.7 Å². The Hall–Kier alpha value is -3.39. The van der Waals surface area contributed by atoms with E-state index in [9.17, 15) is 19.5 Å². The van der Waals surface area contributed by atoms with Crippen molar-refractivity contribution in [3.05, 3.63) is 59.7 Å². The van der Waals surface area contributed by atoms with Crippen LogP contribution in [0.5, 0.6) is 0 Å². The molecule has 0 saturated carbocycles. The topological polar surface area (TPSA) is 114 Å². The molecule has 0 heterocycles. The van der Waals surface area contributed by atoms with Crippen LogP contribution in [0.25, 0.3) is 11.1 Å². The van der Waals surface area contributed by atoms with Crippen LogP contribution in [0.3, 0.4) is 0 Å². The van der Waals surface area contributed by atoms with Gasteiger partial charge in [-0.15, -0.1) is 0 Å². The summed E-state index contributed by atoms with van der Waals surface area (Å²) < 4.78 is 10.4. The van der Waals surface area contributed by atoms with Crippen molar-refractivity contribution in [2.75, 3.05) is 20.3 Å². The fraction of sp³-hybridized carbons (Fsp3) is 0.400. The second-order valence-electron chi connectivity index (χ2n) is 8.02. The number of carbonyl (C=O) groups is 3. The number of carboxylic acid groups (broad SMARTS) is 1. The maximum atomic E-state index is 12.7. The van der Waals surface area contributed by atoms with Gasteiger partial charge in [0.15, 0.2) is 6.04 Å². The molecule has 0 radical (unpaired) electrons. The maximum Gasteiger partial charge on any atom is 0.407 e. The molecular weight excluding hydrogens is 424 g/mol. The molecule has 0 fully saturated rings. The van der Waals surface area contributed by atoms with Gasteiger partial charge in [-0.05, 0) is 28.7 Å². The van der Waals surface area contributed by atoms with Gasteiger partial charge in [-0.3, -0.25) is 4.79 Å². The van der Waals surface area contributed by atoms with Gasteiger partial charge in [0.05, 0.1) is 6.61 Å². The van der Waals surface area contributed by atoms with Crippen LogP contribution >= 0.6 is 0 Å². The van der Waals surface area contributed by atoms with Crippen molar-refractivity contribution in [3.63, 3.8) is 0 Å². The molecule has 8 heteroatoms. The van der Waals surface area contributed by atoms with E-state index in [-0.39, 0.29) is 19.1 Å². The first-order valence-electron chi connectivity index (χ1n) is 11.1. The lowest BCUT2D eigenvalue weighted by Gasteiger charge is -2.21. The number of amides is 2. The average molecular weight is 455 g/mol. The van der Waals surface area contributed by atoms with Crippen LogP contribution in [-0.2, 0) is 19.1 Å². The first-order valence-corrected chi connectivity index (χ1v) is 11.1. The molecule has 2 unspecified atom stereocenters. The molecule has 0 spiro atoms. The van der Waals surface area contributed by atoms with Gasteiger partial charge in [0.25, 0.3) is 0 Å². The third-order valence-corrected chi connectivity index (χ3v) is 5.75. The summed E-state index contributed by atoms with van der Waals surface area (Å²) in [5.74, 6) is -1.88. The van der Waals surface area contributed by atoms with Crippen molar-refractivity contribution >= 4 is 18.0 Å². The number of methoxy groups -OCH3 is 1. The molecule has 0 aliphatic heterocycles. The summed E-state index contributed by atoms with van der Waals surface area (Å²) in [4.78, 5) is 36.6. The van der Waals surface area contributed by atoms with E-state index in [1.165, 1.54) is 7.11 Å². The summed E-state index contributed by atoms with van der Waals surface area (Å²) >= 11 is 0. The monoisotopic (exact) mass is 454 g/mol. The molecule has 2 aromatic rings. The van der Waals surface area contributed by atoms with Gasteiger partial charge in [-0.25, -0.2) is 9.59 Å². The second kappa shape index (κ2) is 11.5. The Morgan fingerprint density at radius 2 is 1.58 bits per heavy atom. The molecule has 1 aliphatic carbocycles. The molecule has 176 valence electrons. The van der Waals surface area contributed by atoms with Crippen molar-refractivity contribution in [1.29, 1.82) is 0 Å². The van der Waals surface area contributed by atoms with E-state index in [1.54, 1.807) is 0 Å². The number of carboxylic acids is 1. The predicted molar refractivity (Wildman–Crippen MR) is 123 cm³/mol. The standard InChI is InChI=1S/C25H30N2O6/c1-3-4-13-21(23(28)26-22(15-32-2)24(29)30)27-25(31)33-14-20-18-11-7-5-9-16(18)17-10-6-8-12-19(17)20/h5-12,20-22H,3-4,13-15H2,1-2H3,(H,26,28)(H,27,31)(H,29,30). The highest BCUT2D eigenvalue weighted by Gasteiger charge is 2.30. The Kier molecular flexibility index (Phi) is 8.43. The molecule has 2 amide bonds. The smallest absolute Gasteiger partial charge is 0.407 e. The quantitative estimate of drug-likeness (QED) is 0.480.